The minimum absolute atomic E-state index is 0.0410. The Morgan fingerprint density at radius 1 is 1.40 bits per heavy atom. The van der Waals surface area contributed by atoms with E-state index in [0.717, 1.165) is 29.7 Å². The van der Waals surface area contributed by atoms with Crippen molar-refractivity contribution in [1.29, 1.82) is 0 Å². The van der Waals surface area contributed by atoms with E-state index in [0.29, 0.717) is 0 Å². The Kier molecular flexibility index (Phi) is 6.52. The van der Waals surface area contributed by atoms with E-state index in [-0.39, 0.29) is 24.6 Å². The molecule has 0 bridgehead atoms. The van der Waals surface area contributed by atoms with Crippen LogP contribution in [-0.4, -0.2) is 24.6 Å². The van der Waals surface area contributed by atoms with E-state index < -0.39 is 0 Å². The summed E-state index contributed by atoms with van der Waals surface area (Å²) < 4.78 is 5.63. The molecular weight excluding hydrogens is 252 g/mol. The Morgan fingerprint density at radius 2 is 2.10 bits per heavy atom. The highest BCUT2D eigenvalue weighted by Gasteiger charge is 2.10. The molecule has 0 aliphatic heterocycles. The number of nitrogens with one attached hydrogen (secondary N) is 1. The summed E-state index contributed by atoms with van der Waals surface area (Å²) in [5.41, 5.74) is 8.06. The zero-order valence-electron chi connectivity index (χ0n) is 12.9. The standard InChI is InChI=1S/C16H26N2O2/c1-5-13(4)18-16(19)10-20-15-7-6-11(2)8-14(15)9-12(3)17/h6-8,12-13H,5,9-10,17H2,1-4H3,(H,18,19). The molecular formula is C16H26N2O2. The molecule has 0 aliphatic rings. The molecule has 0 fully saturated rings. The third kappa shape index (κ3) is 5.61. The van der Waals surface area contributed by atoms with Crippen LogP contribution in [0.25, 0.3) is 0 Å². The van der Waals surface area contributed by atoms with E-state index in [1.165, 1.54) is 0 Å². The Bertz CT molecular complexity index is 444. The smallest absolute Gasteiger partial charge is 0.258 e. The summed E-state index contributed by atoms with van der Waals surface area (Å²) >= 11 is 0. The van der Waals surface area contributed by atoms with Gasteiger partial charge in [-0.15, -0.1) is 0 Å². The fraction of sp³-hybridized carbons (Fsp3) is 0.562. The number of nitrogens with two attached hydrogens (primary N) is 1. The van der Waals surface area contributed by atoms with Gasteiger partial charge >= 0.3 is 0 Å². The number of hydrogen-bond acceptors (Lipinski definition) is 3. The maximum Gasteiger partial charge on any atom is 0.258 e. The molecule has 0 aliphatic carbocycles. The predicted octanol–water partition coefficient (Wildman–Crippen LogP) is 2.18. The van der Waals surface area contributed by atoms with Gasteiger partial charge in [-0.05, 0) is 45.2 Å². The van der Waals surface area contributed by atoms with Gasteiger partial charge in [-0.25, -0.2) is 0 Å². The van der Waals surface area contributed by atoms with E-state index in [9.17, 15) is 4.79 Å². The number of carbonyl (C=O) groups excluding carboxylic acids is 1. The lowest BCUT2D eigenvalue weighted by atomic mass is 10.0. The highest BCUT2D eigenvalue weighted by atomic mass is 16.5. The summed E-state index contributed by atoms with van der Waals surface area (Å²) in [6.45, 7) is 8.04. The van der Waals surface area contributed by atoms with Gasteiger partial charge in [0.2, 0.25) is 0 Å². The third-order valence-electron chi connectivity index (χ3n) is 3.14. The molecule has 0 heterocycles. The zero-order valence-corrected chi connectivity index (χ0v) is 12.9. The quantitative estimate of drug-likeness (QED) is 0.803. The lowest BCUT2D eigenvalue weighted by molar-refractivity contribution is -0.123. The Morgan fingerprint density at radius 3 is 2.70 bits per heavy atom. The van der Waals surface area contributed by atoms with Crippen LogP contribution < -0.4 is 15.8 Å². The lowest BCUT2D eigenvalue weighted by Crippen LogP contribution is -2.35. The van der Waals surface area contributed by atoms with Crippen LogP contribution in [0.15, 0.2) is 18.2 Å². The van der Waals surface area contributed by atoms with Gasteiger partial charge in [0.05, 0.1) is 0 Å². The van der Waals surface area contributed by atoms with Crippen molar-refractivity contribution in [2.75, 3.05) is 6.61 Å². The van der Waals surface area contributed by atoms with E-state index in [1.54, 1.807) is 0 Å². The summed E-state index contributed by atoms with van der Waals surface area (Å²) in [6.07, 6.45) is 1.65. The summed E-state index contributed by atoms with van der Waals surface area (Å²) in [6, 6.07) is 6.18. The number of aryl methyl sites for hydroxylation is 1. The van der Waals surface area contributed by atoms with Crippen LogP contribution >= 0.6 is 0 Å². The van der Waals surface area contributed by atoms with Crippen LogP contribution in [-0.2, 0) is 11.2 Å². The first-order valence-corrected chi connectivity index (χ1v) is 7.19. The number of ether oxygens (including phenoxy) is 1. The van der Waals surface area contributed by atoms with Gasteiger partial charge in [-0.3, -0.25) is 4.79 Å². The zero-order chi connectivity index (χ0) is 15.1. The molecule has 1 aromatic rings. The number of amides is 1. The third-order valence-corrected chi connectivity index (χ3v) is 3.14. The summed E-state index contributed by atoms with van der Waals surface area (Å²) in [7, 11) is 0. The summed E-state index contributed by atoms with van der Waals surface area (Å²) in [4.78, 5) is 11.7. The molecule has 3 N–H and O–H groups in total. The molecule has 1 amide bonds. The molecule has 2 unspecified atom stereocenters. The van der Waals surface area contributed by atoms with E-state index in [4.69, 9.17) is 10.5 Å². The second-order valence-electron chi connectivity index (χ2n) is 5.46. The van der Waals surface area contributed by atoms with Crippen molar-refractivity contribution < 1.29 is 9.53 Å². The molecule has 1 aromatic carbocycles. The lowest BCUT2D eigenvalue weighted by Gasteiger charge is -2.15. The average Bonchev–Trinajstić information content (AvgIpc) is 2.37. The predicted molar refractivity (Wildman–Crippen MR) is 81.9 cm³/mol. The van der Waals surface area contributed by atoms with Crippen molar-refractivity contribution in [3.63, 3.8) is 0 Å². The van der Waals surface area contributed by atoms with E-state index >= 15 is 0 Å². The molecule has 112 valence electrons. The minimum atomic E-state index is -0.0910. The van der Waals surface area contributed by atoms with Crippen molar-refractivity contribution >= 4 is 5.91 Å². The molecule has 0 spiro atoms. The van der Waals surface area contributed by atoms with Gasteiger partial charge in [-0.2, -0.15) is 0 Å². The fourth-order valence-corrected chi connectivity index (χ4v) is 1.92. The maximum atomic E-state index is 11.7. The SMILES string of the molecule is CCC(C)NC(=O)COc1ccc(C)cc1CC(C)N. The average molecular weight is 278 g/mol. The largest absolute Gasteiger partial charge is 0.483 e. The highest BCUT2D eigenvalue weighted by molar-refractivity contribution is 5.77. The second-order valence-corrected chi connectivity index (χ2v) is 5.46. The van der Waals surface area contributed by atoms with Crippen molar-refractivity contribution in [1.82, 2.24) is 5.32 Å². The Hall–Kier alpha value is -1.55. The summed E-state index contributed by atoms with van der Waals surface area (Å²) in [5.74, 6) is 0.652. The topological polar surface area (TPSA) is 64.3 Å². The molecule has 4 heteroatoms. The van der Waals surface area contributed by atoms with Gasteiger partial charge in [0, 0.05) is 12.1 Å². The number of rotatable bonds is 7. The van der Waals surface area contributed by atoms with Crippen LogP contribution in [0.1, 0.15) is 38.3 Å². The van der Waals surface area contributed by atoms with Gasteiger partial charge in [0.25, 0.3) is 5.91 Å². The van der Waals surface area contributed by atoms with E-state index in [1.807, 2.05) is 39.8 Å². The van der Waals surface area contributed by atoms with Crippen LogP contribution in [0.5, 0.6) is 5.75 Å². The fourth-order valence-electron chi connectivity index (χ4n) is 1.92. The van der Waals surface area contributed by atoms with Gasteiger partial charge in [0.15, 0.2) is 6.61 Å². The second kappa shape index (κ2) is 7.90. The monoisotopic (exact) mass is 278 g/mol. The van der Waals surface area contributed by atoms with E-state index in [2.05, 4.69) is 11.4 Å². The minimum Gasteiger partial charge on any atom is -0.483 e. The first-order valence-electron chi connectivity index (χ1n) is 7.19. The maximum absolute atomic E-state index is 11.7. The van der Waals surface area contributed by atoms with Crippen LogP contribution in [0, 0.1) is 6.92 Å². The van der Waals surface area contributed by atoms with Crippen LogP contribution in [0.2, 0.25) is 0 Å². The van der Waals surface area contributed by atoms with Crippen molar-refractivity contribution in [3.05, 3.63) is 29.3 Å². The van der Waals surface area contributed by atoms with Crippen molar-refractivity contribution in [3.8, 4) is 5.75 Å². The normalized spacial score (nSPS) is 13.7. The molecule has 0 radical (unpaired) electrons. The molecule has 0 aromatic heterocycles. The molecule has 0 saturated heterocycles. The molecule has 0 saturated carbocycles. The van der Waals surface area contributed by atoms with Gasteiger partial charge in [-0.1, -0.05) is 24.6 Å². The van der Waals surface area contributed by atoms with Crippen LogP contribution in [0.4, 0.5) is 0 Å². The molecule has 1 rings (SSSR count). The number of benzene rings is 1. The van der Waals surface area contributed by atoms with Gasteiger partial charge in [0.1, 0.15) is 5.75 Å². The molecule has 2 atom stereocenters. The van der Waals surface area contributed by atoms with Gasteiger partial charge < -0.3 is 15.8 Å². The molecule has 4 nitrogen and oxygen atoms in total. The Labute approximate surface area is 121 Å². The highest BCUT2D eigenvalue weighted by Crippen LogP contribution is 2.21. The first kappa shape index (κ1) is 16.5. The van der Waals surface area contributed by atoms with Crippen molar-refractivity contribution in [2.45, 2.75) is 52.6 Å². The van der Waals surface area contributed by atoms with Crippen LogP contribution in [0.3, 0.4) is 0 Å². The number of hydrogen-bond donors (Lipinski definition) is 2. The number of carbonyl (C=O) groups is 1. The molecule has 20 heavy (non-hydrogen) atoms. The summed E-state index contributed by atoms with van der Waals surface area (Å²) in [5, 5.41) is 2.88. The first-order chi connectivity index (χ1) is 9.42. The van der Waals surface area contributed by atoms with Crippen molar-refractivity contribution in [2.24, 2.45) is 5.73 Å². The Balaban J connectivity index is 2.65.